The molecule has 1 saturated carbocycles. The Bertz CT molecular complexity index is 572. The van der Waals surface area contributed by atoms with E-state index in [1.165, 1.54) is 23.3 Å². The molecule has 0 N–H and O–H groups in total. The fourth-order valence-electron chi connectivity index (χ4n) is 2.78. The highest BCUT2D eigenvalue weighted by Crippen LogP contribution is 2.26. The summed E-state index contributed by atoms with van der Waals surface area (Å²) in [6.45, 7) is 4.23. The summed E-state index contributed by atoms with van der Waals surface area (Å²) < 4.78 is 0. The molecule has 1 aromatic carbocycles. The van der Waals surface area contributed by atoms with Crippen LogP contribution in [-0.2, 0) is 6.42 Å². The molecule has 1 aliphatic carbocycles. The third-order valence-corrected chi connectivity index (χ3v) is 5.50. The Morgan fingerprint density at radius 3 is 2.40 bits per heavy atom. The summed E-state index contributed by atoms with van der Waals surface area (Å²) >= 11 is 16.1. The lowest BCUT2D eigenvalue weighted by Gasteiger charge is -2.09. The Morgan fingerprint density at radius 1 is 1.16 bits per heavy atom. The first-order valence-corrected chi connectivity index (χ1v) is 10.5. The van der Waals surface area contributed by atoms with Gasteiger partial charge in [-0.2, -0.15) is 0 Å². The van der Waals surface area contributed by atoms with Gasteiger partial charge in [0.2, 0.25) is 0 Å². The number of benzene rings is 1. The molecule has 0 nitrogen and oxygen atoms in total. The molecule has 1 atom stereocenters. The number of aryl methyl sites for hydroxylation is 1. The third-order valence-electron chi connectivity index (χ3n) is 4.30. The van der Waals surface area contributed by atoms with Crippen LogP contribution in [0.5, 0.6) is 0 Å². The first kappa shape index (κ1) is 22.3. The van der Waals surface area contributed by atoms with Crippen LogP contribution in [0.15, 0.2) is 42.5 Å². The maximum Gasteiger partial charge on any atom is 0.0105 e. The zero-order valence-electron chi connectivity index (χ0n) is 15.5. The molecule has 1 aliphatic rings. The van der Waals surface area contributed by atoms with Crippen LogP contribution in [0.3, 0.4) is 0 Å². The predicted molar refractivity (Wildman–Crippen MR) is 124 cm³/mol. The van der Waals surface area contributed by atoms with Gasteiger partial charge in [0.15, 0.2) is 0 Å². The van der Waals surface area contributed by atoms with Crippen LogP contribution in [0.1, 0.15) is 64.4 Å². The second kappa shape index (κ2) is 13.4. The fraction of sp³-hybridized carbons (Fsp3) is 0.500. The van der Waals surface area contributed by atoms with Gasteiger partial charge in [0.25, 0.3) is 0 Å². The number of thiocarbonyl (C=S) groups is 3. The van der Waals surface area contributed by atoms with E-state index >= 15 is 0 Å². The molecule has 0 amide bonds. The van der Waals surface area contributed by atoms with E-state index in [1.54, 1.807) is 0 Å². The lowest BCUT2D eigenvalue weighted by molar-refractivity contribution is 0.691. The van der Waals surface area contributed by atoms with Gasteiger partial charge in [-0.1, -0.05) is 92.5 Å². The van der Waals surface area contributed by atoms with Gasteiger partial charge >= 0.3 is 0 Å². The molecular weight excluding hydrogens is 360 g/mol. The van der Waals surface area contributed by atoms with Gasteiger partial charge in [0, 0.05) is 11.3 Å². The Balaban J connectivity index is 0.000000450. The van der Waals surface area contributed by atoms with Crippen LogP contribution in [0, 0.1) is 5.92 Å². The third kappa shape index (κ3) is 10.1. The SMILES string of the molecule is C/C=C\CCC.S=C(CCc1ccccc1)CCC1CC(=S)CC1=S. The molecule has 0 saturated heterocycles. The number of unbranched alkanes of at least 4 members (excludes halogenated alkanes) is 1. The van der Waals surface area contributed by atoms with E-state index in [0.717, 1.165) is 48.3 Å². The van der Waals surface area contributed by atoms with Crippen molar-refractivity contribution in [2.75, 3.05) is 0 Å². The molecule has 1 aromatic rings. The highest BCUT2D eigenvalue weighted by molar-refractivity contribution is 7.82. The van der Waals surface area contributed by atoms with Gasteiger partial charge in [-0.25, -0.2) is 0 Å². The standard InChI is InChI=1S/C16H18S3.C6H12/c17-14(8-6-12-4-2-1-3-5-12)9-7-13-10-15(18)11-16(13)19;1-3-5-6-4-2/h1-5,13H,6-11H2;3,5H,4,6H2,1-2H3/b;5-3-. The van der Waals surface area contributed by atoms with Crippen LogP contribution < -0.4 is 0 Å². The predicted octanol–water partition coefficient (Wildman–Crippen LogP) is 7.28. The van der Waals surface area contributed by atoms with Crippen molar-refractivity contribution < 1.29 is 0 Å². The van der Waals surface area contributed by atoms with Gasteiger partial charge < -0.3 is 0 Å². The van der Waals surface area contributed by atoms with Crippen molar-refractivity contribution in [1.82, 2.24) is 0 Å². The van der Waals surface area contributed by atoms with E-state index in [1.807, 2.05) is 6.07 Å². The molecule has 1 fully saturated rings. The van der Waals surface area contributed by atoms with Crippen molar-refractivity contribution in [1.29, 1.82) is 0 Å². The highest BCUT2D eigenvalue weighted by Gasteiger charge is 2.24. The molecular formula is C22H30S3. The van der Waals surface area contributed by atoms with E-state index < -0.39 is 0 Å². The van der Waals surface area contributed by atoms with Crippen LogP contribution in [0.2, 0.25) is 0 Å². The molecule has 25 heavy (non-hydrogen) atoms. The monoisotopic (exact) mass is 390 g/mol. The fourth-order valence-corrected chi connectivity index (χ4v) is 3.83. The Labute approximate surface area is 170 Å². The van der Waals surface area contributed by atoms with Gasteiger partial charge in [0.05, 0.1) is 0 Å². The second-order valence-corrected chi connectivity index (χ2v) is 8.18. The summed E-state index contributed by atoms with van der Waals surface area (Å²) in [4.78, 5) is 3.45. The molecule has 0 aliphatic heterocycles. The lowest BCUT2D eigenvalue weighted by Crippen LogP contribution is -2.07. The number of rotatable bonds is 8. The summed E-state index contributed by atoms with van der Waals surface area (Å²) in [5.41, 5.74) is 1.36. The first-order valence-electron chi connectivity index (χ1n) is 9.28. The van der Waals surface area contributed by atoms with E-state index in [-0.39, 0.29) is 0 Å². The minimum Gasteiger partial charge on any atom is -0.0917 e. The lowest BCUT2D eigenvalue weighted by atomic mass is 9.98. The molecule has 136 valence electrons. The van der Waals surface area contributed by atoms with Crippen LogP contribution in [-0.4, -0.2) is 14.6 Å². The quantitative estimate of drug-likeness (QED) is 0.338. The average molecular weight is 391 g/mol. The molecule has 0 bridgehead atoms. The van der Waals surface area contributed by atoms with Crippen molar-refractivity contribution in [2.24, 2.45) is 5.92 Å². The molecule has 0 radical (unpaired) electrons. The van der Waals surface area contributed by atoms with Crippen LogP contribution in [0.25, 0.3) is 0 Å². The Morgan fingerprint density at radius 2 is 1.88 bits per heavy atom. The van der Waals surface area contributed by atoms with Crippen molar-refractivity contribution in [2.45, 2.75) is 65.2 Å². The van der Waals surface area contributed by atoms with Crippen LogP contribution >= 0.6 is 36.7 Å². The molecule has 2 rings (SSSR count). The number of allylic oxidation sites excluding steroid dienone is 2. The van der Waals surface area contributed by atoms with Gasteiger partial charge in [-0.3, -0.25) is 0 Å². The van der Waals surface area contributed by atoms with E-state index in [4.69, 9.17) is 36.7 Å². The van der Waals surface area contributed by atoms with Gasteiger partial charge in [-0.15, -0.1) is 0 Å². The average Bonchev–Trinajstić information content (AvgIpc) is 2.95. The minimum atomic E-state index is 0.511. The molecule has 0 spiro atoms. The molecule has 3 heteroatoms. The summed E-state index contributed by atoms with van der Waals surface area (Å²) in [6, 6.07) is 10.5. The molecule has 0 aromatic heterocycles. The first-order chi connectivity index (χ1) is 12.1. The van der Waals surface area contributed by atoms with Crippen molar-refractivity contribution in [3.63, 3.8) is 0 Å². The van der Waals surface area contributed by atoms with Crippen molar-refractivity contribution >= 4 is 51.2 Å². The maximum absolute atomic E-state index is 5.48. The Kier molecular flexibility index (Phi) is 12.0. The normalized spacial score (nSPS) is 16.8. The van der Waals surface area contributed by atoms with E-state index in [0.29, 0.717) is 5.92 Å². The number of hydrogen-bond donors (Lipinski definition) is 0. The van der Waals surface area contributed by atoms with Gasteiger partial charge in [-0.05, 0) is 66.7 Å². The van der Waals surface area contributed by atoms with E-state index in [9.17, 15) is 0 Å². The zero-order chi connectivity index (χ0) is 18.5. The molecule has 1 unspecified atom stereocenters. The van der Waals surface area contributed by atoms with Crippen molar-refractivity contribution in [3.05, 3.63) is 48.0 Å². The smallest absolute Gasteiger partial charge is 0.0105 e. The summed E-state index contributed by atoms with van der Waals surface area (Å²) in [7, 11) is 0. The molecule has 0 heterocycles. The number of hydrogen-bond acceptors (Lipinski definition) is 3. The summed E-state index contributed by atoms with van der Waals surface area (Å²) in [5.74, 6) is 0.511. The summed E-state index contributed by atoms with van der Waals surface area (Å²) in [6.07, 6.45) is 12.8. The topological polar surface area (TPSA) is 0 Å². The zero-order valence-corrected chi connectivity index (χ0v) is 17.9. The second-order valence-electron chi connectivity index (χ2n) is 6.50. The maximum atomic E-state index is 5.48. The highest BCUT2D eigenvalue weighted by atomic mass is 32.1. The van der Waals surface area contributed by atoms with Crippen molar-refractivity contribution in [3.8, 4) is 0 Å². The minimum absolute atomic E-state index is 0.511. The Hall–Kier alpha value is -0.770. The van der Waals surface area contributed by atoms with Gasteiger partial charge in [0.1, 0.15) is 0 Å². The van der Waals surface area contributed by atoms with E-state index in [2.05, 4.69) is 50.3 Å². The summed E-state index contributed by atoms with van der Waals surface area (Å²) in [5, 5.41) is 0. The van der Waals surface area contributed by atoms with Crippen LogP contribution in [0.4, 0.5) is 0 Å². The largest absolute Gasteiger partial charge is 0.0917 e.